The average Bonchev–Trinajstić information content (AvgIpc) is 3.36. The fourth-order valence-electron chi connectivity index (χ4n) is 8.02. The van der Waals surface area contributed by atoms with Crippen LogP contribution in [0, 0.1) is 5.92 Å². The number of benzene rings is 7. The first-order chi connectivity index (χ1) is 33.1. The Bertz CT molecular complexity index is 2920. The number of ether oxygens (including phenoxy) is 3. The minimum atomic E-state index is -0.484. The zero-order valence-electron chi connectivity index (χ0n) is 37.6. The number of carbonyl (C=O) groups excluding carboxylic acids is 4. The molecule has 7 aromatic carbocycles. The first kappa shape index (κ1) is 46.4. The van der Waals surface area contributed by atoms with E-state index in [1.165, 1.54) is 13.2 Å². The molecular weight excluding hydrogens is 859 g/mol. The van der Waals surface area contributed by atoms with Crippen molar-refractivity contribution in [3.8, 4) is 23.0 Å². The average molecular weight is 912 g/mol. The van der Waals surface area contributed by atoms with Gasteiger partial charge >= 0.3 is 0 Å². The molecule has 4 amide bonds. The maximum Gasteiger partial charge on any atom is 0.255 e. The van der Waals surface area contributed by atoms with E-state index in [4.69, 9.17) is 19.9 Å². The van der Waals surface area contributed by atoms with E-state index < -0.39 is 11.8 Å². The number of fused-ring (bicyclic) bond motifs is 1. The third kappa shape index (κ3) is 12.0. The summed E-state index contributed by atoms with van der Waals surface area (Å²) < 4.78 is 18.0. The van der Waals surface area contributed by atoms with Gasteiger partial charge in [-0.2, -0.15) is 0 Å². The van der Waals surface area contributed by atoms with E-state index in [9.17, 15) is 24.3 Å². The van der Waals surface area contributed by atoms with Gasteiger partial charge in [0.1, 0.15) is 29.6 Å². The molecule has 0 bridgehead atoms. The van der Waals surface area contributed by atoms with Crippen LogP contribution in [0.2, 0.25) is 0 Å². The van der Waals surface area contributed by atoms with Crippen LogP contribution < -0.4 is 41.2 Å². The van der Waals surface area contributed by atoms with Crippen LogP contribution in [0.5, 0.6) is 23.0 Å². The van der Waals surface area contributed by atoms with E-state index in [-0.39, 0.29) is 59.6 Å². The maximum atomic E-state index is 13.8. The standard InChI is InChI=1S/C55H53N5O8/c1-66-49-30-42(54(64)60-48-25-17-41(31-51(48)68-34-36-7-3-2-4-8-36)52(62)57-33-37-11-14-38-9-5-6-10-40(38)29-37)18-24-46(49)58-55(65)43-19-26-47(59-53(63)39-15-20-44(56)21-16-39)50(32-43)67-28-27-35-12-22-45(61)23-13-35/h2-14,17-19,22-26,29-32,39,44,61H,15-16,20-21,27-28,33-34,56H2,1H3,(H,57,62)(H,58,65)(H,59,63)(H,60,64). The largest absolute Gasteiger partial charge is 0.508 e. The van der Waals surface area contributed by atoms with Crippen LogP contribution in [0.3, 0.4) is 0 Å². The molecule has 0 atom stereocenters. The third-order valence-corrected chi connectivity index (χ3v) is 11.9. The molecule has 1 aliphatic carbocycles. The lowest BCUT2D eigenvalue weighted by atomic mass is 9.86. The SMILES string of the molecule is COc1cc(C(=O)Nc2ccc(C(=O)NCc3ccc4ccccc4c3)cc2OCc2ccccc2)ccc1NC(=O)c1ccc(NC(=O)C2CCC(N)CC2)c(OCCc2ccc(O)cc2)c1. The molecular formula is C55H53N5O8. The second kappa shape index (κ2) is 21.9. The van der Waals surface area contributed by atoms with Gasteiger partial charge in [-0.1, -0.05) is 78.9 Å². The van der Waals surface area contributed by atoms with Gasteiger partial charge in [-0.25, -0.2) is 0 Å². The van der Waals surface area contributed by atoms with Crippen molar-refractivity contribution in [2.45, 2.75) is 51.3 Å². The lowest BCUT2D eigenvalue weighted by molar-refractivity contribution is -0.120. The summed E-state index contributed by atoms with van der Waals surface area (Å²) in [5.74, 6) is -0.577. The molecule has 13 nitrogen and oxygen atoms in total. The van der Waals surface area contributed by atoms with Crippen molar-refractivity contribution in [2.75, 3.05) is 29.7 Å². The Kier molecular flexibility index (Phi) is 14.9. The number of amides is 4. The molecule has 346 valence electrons. The van der Waals surface area contributed by atoms with Gasteiger partial charge in [0.05, 0.1) is 30.8 Å². The van der Waals surface area contributed by atoms with Crippen molar-refractivity contribution >= 4 is 51.5 Å². The summed E-state index contributed by atoms with van der Waals surface area (Å²) in [5, 5.41) is 23.7. The molecule has 13 heteroatoms. The molecule has 0 saturated heterocycles. The summed E-state index contributed by atoms with van der Waals surface area (Å²) in [5.41, 5.74) is 10.8. The van der Waals surface area contributed by atoms with Crippen LogP contribution in [0.4, 0.5) is 17.1 Å². The minimum absolute atomic E-state index is 0.0972. The second-order valence-electron chi connectivity index (χ2n) is 16.7. The van der Waals surface area contributed by atoms with Crippen molar-refractivity contribution in [3.05, 3.63) is 185 Å². The number of aromatic hydroxyl groups is 1. The number of hydrogen-bond acceptors (Lipinski definition) is 9. The van der Waals surface area contributed by atoms with Gasteiger partial charge < -0.3 is 46.3 Å². The highest BCUT2D eigenvalue weighted by Gasteiger charge is 2.26. The summed E-state index contributed by atoms with van der Waals surface area (Å²) in [6.45, 7) is 0.748. The highest BCUT2D eigenvalue weighted by Crippen LogP contribution is 2.33. The normalized spacial score (nSPS) is 14.3. The smallest absolute Gasteiger partial charge is 0.255 e. The van der Waals surface area contributed by atoms with Gasteiger partial charge in [-0.15, -0.1) is 0 Å². The number of nitrogens with two attached hydrogens (primary N) is 1. The predicted octanol–water partition coefficient (Wildman–Crippen LogP) is 9.65. The Morgan fingerprint density at radius 1 is 0.559 bits per heavy atom. The Labute approximate surface area is 394 Å². The fourth-order valence-corrected chi connectivity index (χ4v) is 8.02. The molecule has 0 heterocycles. The van der Waals surface area contributed by atoms with Crippen molar-refractivity contribution in [1.29, 1.82) is 0 Å². The highest BCUT2D eigenvalue weighted by atomic mass is 16.5. The Balaban J connectivity index is 0.958. The molecule has 68 heavy (non-hydrogen) atoms. The molecule has 1 aliphatic rings. The summed E-state index contributed by atoms with van der Waals surface area (Å²) in [6, 6.07) is 44.9. The quantitative estimate of drug-likeness (QED) is 0.0517. The van der Waals surface area contributed by atoms with Crippen LogP contribution >= 0.6 is 0 Å². The zero-order chi connectivity index (χ0) is 47.4. The highest BCUT2D eigenvalue weighted by molar-refractivity contribution is 6.08. The second-order valence-corrected chi connectivity index (χ2v) is 16.7. The van der Waals surface area contributed by atoms with E-state index >= 15 is 0 Å². The lowest BCUT2D eigenvalue weighted by Crippen LogP contribution is -2.32. The minimum Gasteiger partial charge on any atom is -0.508 e. The fraction of sp³-hybridized carbons (Fsp3) is 0.200. The Morgan fingerprint density at radius 2 is 1.12 bits per heavy atom. The Morgan fingerprint density at radius 3 is 1.78 bits per heavy atom. The summed E-state index contributed by atoms with van der Waals surface area (Å²) in [7, 11) is 1.43. The number of rotatable bonds is 17. The number of phenols is 1. The van der Waals surface area contributed by atoms with E-state index in [0.717, 1.165) is 40.3 Å². The summed E-state index contributed by atoms with van der Waals surface area (Å²) >= 11 is 0. The molecule has 8 rings (SSSR count). The van der Waals surface area contributed by atoms with Gasteiger partial charge in [0.25, 0.3) is 17.7 Å². The third-order valence-electron chi connectivity index (χ3n) is 11.9. The van der Waals surface area contributed by atoms with Gasteiger partial charge in [-0.3, -0.25) is 19.2 Å². The topological polar surface area (TPSA) is 190 Å². The van der Waals surface area contributed by atoms with Crippen molar-refractivity contribution in [3.63, 3.8) is 0 Å². The van der Waals surface area contributed by atoms with Crippen LogP contribution in [-0.4, -0.2) is 48.5 Å². The Hall–Kier alpha value is -8.16. The van der Waals surface area contributed by atoms with Crippen LogP contribution in [0.1, 0.15) is 73.4 Å². The number of hydrogen-bond donors (Lipinski definition) is 6. The molecule has 7 aromatic rings. The van der Waals surface area contributed by atoms with Crippen molar-refractivity contribution in [1.82, 2.24) is 5.32 Å². The molecule has 0 aliphatic heterocycles. The van der Waals surface area contributed by atoms with Gasteiger partial charge in [0, 0.05) is 41.6 Å². The molecule has 7 N–H and O–H groups in total. The number of anilines is 3. The van der Waals surface area contributed by atoms with Gasteiger partial charge in [0.15, 0.2) is 0 Å². The zero-order valence-corrected chi connectivity index (χ0v) is 37.6. The monoisotopic (exact) mass is 911 g/mol. The first-order valence-corrected chi connectivity index (χ1v) is 22.6. The van der Waals surface area contributed by atoms with Crippen LogP contribution in [-0.2, 0) is 24.4 Å². The molecule has 0 radical (unpaired) electrons. The van der Waals surface area contributed by atoms with E-state index in [1.807, 2.05) is 72.8 Å². The number of carbonyl (C=O) groups is 4. The van der Waals surface area contributed by atoms with Crippen LogP contribution in [0.25, 0.3) is 10.8 Å². The molecule has 0 spiro atoms. The lowest BCUT2D eigenvalue weighted by Gasteiger charge is -2.25. The predicted molar refractivity (Wildman–Crippen MR) is 264 cm³/mol. The number of nitrogens with one attached hydrogen (secondary N) is 4. The van der Waals surface area contributed by atoms with Crippen LogP contribution in [0.15, 0.2) is 152 Å². The van der Waals surface area contributed by atoms with E-state index in [2.05, 4.69) is 21.3 Å². The van der Waals surface area contributed by atoms with Gasteiger partial charge in [0.2, 0.25) is 5.91 Å². The summed E-state index contributed by atoms with van der Waals surface area (Å²) in [4.78, 5) is 54.4. The molecule has 0 unspecified atom stereocenters. The van der Waals surface area contributed by atoms with Gasteiger partial charge in [-0.05, 0) is 126 Å². The maximum absolute atomic E-state index is 13.8. The molecule has 0 aromatic heterocycles. The number of methoxy groups -OCH3 is 1. The molecule has 1 saturated carbocycles. The first-order valence-electron chi connectivity index (χ1n) is 22.6. The van der Waals surface area contributed by atoms with Crippen molar-refractivity contribution < 1.29 is 38.5 Å². The molecule has 1 fully saturated rings. The summed E-state index contributed by atoms with van der Waals surface area (Å²) in [6.07, 6.45) is 3.45. The van der Waals surface area contributed by atoms with E-state index in [1.54, 1.807) is 72.8 Å². The number of phenolic OH excluding ortho intramolecular Hbond substituents is 1. The van der Waals surface area contributed by atoms with Crippen molar-refractivity contribution in [2.24, 2.45) is 11.7 Å². The van der Waals surface area contributed by atoms with E-state index in [0.29, 0.717) is 59.9 Å².